The molecule has 10 nitrogen and oxygen atoms in total. The van der Waals surface area contributed by atoms with Crippen LogP contribution in [0, 0.1) is 23.2 Å². The molecule has 1 atom stereocenters. The van der Waals surface area contributed by atoms with Crippen LogP contribution in [-0.2, 0) is 17.9 Å². The Balaban J connectivity index is 1.73. The minimum atomic E-state index is -0.394. The van der Waals surface area contributed by atoms with Crippen LogP contribution in [-0.4, -0.2) is 27.5 Å². The Morgan fingerprint density at radius 1 is 1.05 bits per heavy atom. The van der Waals surface area contributed by atoms with E-state index in [0.29, 0.717) is 34.3 Å². The smallest absolute Gasteiger partial charge is 0.331 e. The summed E-state index contributed by atoms with van der Waals surface area (Å²) in [6.07, 6.45) is 0.152. The third kappa shape index (κ3) is 5.89. The maximum Gasteiger partial charge on any atom is 0.331 e. The standard InChI is InChI=1S/C27H32N6O4/c1-5-32-23-10-9-20(13-21(23)26(36)33(6-2)27(32)37)31-24(34)12-19(16(3)4)15-30-25(35)17-7-8-18(14-28)22(29)11-17/h7-11,13,16,19H,5-6,12,15,29H2,1-4H3,(H,30,35)(H,31,34). The van der Waals surface area contributed by atoms with Crippen LogP contribution in [0.15, 0.2) is 46.0 Å². The number of nitriles is 1. The maximum absolute atomic E-state index is 12.9. The van der Waals surface area contributed by atoms with Crippen molar-refractivity contribution in [2.75, 3.05) is 17.6 Å². The van der Waals surface area contributed by atoms with E-state index in [2.05, 4.69) is 10.6 Å². The van der Waals surface area contributed by atoms with Crippen LogP contribution in [0.3, 0.4) is 0 Å². The fourth-order valence-corrected chi connectivity index (χ4v) is 4.21. The van der Waals surface area contributed by atoms with E-state index in [0.717, 1.165) is 0 Å². The van der Waals surface area contributed by atoms with E-state index >= 15 is 0 Å². The van der Waals surface area contributed by atoms with Gasteiger partial charge >= 0.3 is 5.69 Å². The lowest BCUT2D eigenvalue weighted by Gasteiger charge is -2.21. The quantitative estimate of drug-likeness (QED) is 0.381. The van der Waals surface area contributed by atoms with E-state index in [4.69, 9.17) is 11.0 Å². The summed E-state index contributed by atoms with van der Waals surface area (Å²) in [5, 5.41) is 15.0. The fourth-order valence-electron chi connectivity index (χ4n) is 4.21. The number of anilines is 2. The van der Waals surface area contributed by atoms with Crippen molar-refractivity contribution in [2.24, 2.45) is 11.8 Å². The van der Waals surface area contributed by atoms with Gasteiger partial charge in [0.1, 0.15) is 6.07 Å². The molecule has 194 valence electrons. The number of hydrogen-bond donors (Lipinski definition) is 3. The third-order valence-electron chi connectivity index (χ3n) is 6.49. The van der Waals surface area contributed by atoms with Gasteiger partial charge in [0.25, 0.3) is 11.5 Å². The second-order valence-corrected chi connectivity index (χ2v) is 9.19. The van der Waals surface area contributed by atoms with Crippen molar-refractivity contribution in [3.8, 4) is 6.07 Å². The molecular weight excluding hydrogens is 472 g/mol. The molecule has 3 rings (SSSR count). The zero-order valence-corrected chi connectivity index (χ0v) is 21.5. The monoisotopic (exact) mass is 504 g/mol. The summed E-state index contributed by atoms with van der Waals surface area (Å²) in [6.45, 7) is 8.45. The van der Waals surface area contributed by atoms with Gasteiger partial charge in [-0.25, -0.2) is 4.79 Å². The first-order valence-electron chi connectivity index (χ1n) is 12.3. The topological polar surface area (TPSA) is 152 Å². The van der Waals surface area contributed by atoms with Crippen LogP contribution in [0.5, 0.6) is 0 Å². The van der Waals surface area contributed by atoms with Crippen LogP contribution in [0.25, 0.3) is 10.9 Å². The number of fused-ring (bicyclic) bond motifs is 1. The number of carbonyl (C=O) groups excluding carboxylic acids is 2. The van der Waals surface area contributed by atoms with Gasteiger partial charge in [0, 0.05) is 37.3 Å². The number of nitrogen functional groups attached to an aromatic ring is 1. The van der Waals surface area contributed by atoms with Crippen molar-refractivity contribution in [1.82, 2.24) is 14.5 Å². The summed E-state index contributed by atoms with van der Waals surface area (Å²) in [5.41, 5.74) is 6.89. The highest BCUT2D eigenvalue weighted by Crippen LogP contribution is 2.19. The van der Waals surface area contributed by atoms with E-state index in [-0.39, 0.29) is 54.5 Å². The lowest BCUT2D eigenvalue weighted by molar-refractivity contribution is -0.117. The highest BCUT2D eigenvalue weighted by Gasteiger charge is 2.20. The van der Waals surface area contributed by atoms with Gasteiger partial charge in [0.2, 0.25) is 5.91 Å². The van der Waals surface area contributed by atoms with Gasteiger partial charge < -0.3 is 16.4 Å². The highest BCUT2D eigenvalue weighted by atomic mass is 16.2. The summed E-state index contributed by atoms with van der Waals surface area (Å²) in [5.74, 6) is -0.646. The Kier molecular flexibility index (Phi) is 8.50. The maximum atomic E-state index is 12.9. The molecule has 0 bridgehead atoms. The molecule has 0 fully saturated rings. The van der Waals surface area contributed by atoms with Crippen molar-refractivity contribution >= 4 is 34.1 Å². The molecule has 2 amide bonds. The highest BCUT2D eigenvalue weighted by molar-refractivity contribution is 5.96. The largest absolute Gasteiger partial charge is 0.398 e. The molecule has 1 heterocycles. The average Bonchev–Trinajstić information content (AvgIpc) is 2.87. The number of nitrogens with zero attached hydrogens (tertiary/aromatic N) is 3. The number of aryl methyl sites for hydroxylation is 1. The molecule has 0 aliphatic rings. The molecule has 1 aromatic heterocycles. The predicted octanol–water partition coefficient (Wildman–Crippen LogP) is 2.69. The summed E-state index contributed by atoms with van der Waals surface area (Å²) in [6, 6.07) is 11.4. The second kappa shape index (κ2) is 11.6. The second-order valence-electron chi connectivity index (χ2n) is 9.19. The van der Waals surface area contributed by atoms with Gasteiger partial charge in [-0.2, -0.15) is 5.26 Å². The first kappa shape index (κ1) is 27.2. The third-order valence-corrected chi connectivity index (χ3v) is 6.49. The molecule has 2 aromatic carbocycles. The summed E-state index contributed by atoms with van der Waals surface area (Å²) in [7, 11) is 0. The van der Waals surface area contributed by atoms with E-state index in [1.807, 2.05) is 26.8 Å². The first-order valence-corrected chi connectivity index (χ1v) is 12.3. The Bertz CT molecular complexity index is 1500. The van der Waals surface area contributed by atoms with Gasteiger partial charge in [-0.15, -0.1) is 0 Å². The molecule has 37 heavy (non-hydrogen) atoms. The normalized spacial score (nSPS) is 11.8. The molecule has 4 N–H and O–H groups in total. The molecule has 10 heteroatoms. The van der Waals surface area contributed by atoms with E-state index in [1.54, 1.807) is 25.1 Å². The van der Waals surface area contributed by atoms with Gasteiger partial charge in [-0.05, 0) is 62.1 Å². The summed E-state index contributed by atoms with van der Waals surface area (Å²) < 4.78 is 2.71. The molecule has 0 spiro atoms. The van der Waals surface area contributed by atoms with Crippen LogP contribution < -0.4 is 27.6 Å². The van der Waals surface area contributed by atoms with Crippen molar-refractivity contribution in [3.63, 3.8) is 0 Å². The average molecular weight is 505 g/mol. The van der Waals surface area contributed by atoms with Gasteiger partial charge in [0.15, 0.2) is 0 Å². The lowest BCUT2D eigenvalue weighted by atomic mass is 9.92. The van der Waals surface area contributed by atoms with E-state index < -0.39 is 5.56 Å². The lowest BCUT2D eigenvalue weighted by Crippen LogP contribution is -2.39. The predicted molar refractivity (Wildman–Crippen MR) is 143 cm³/mol. The van der Waals surface area contributed by atoms with Gasteiger partial charge in [-0.1, -0.05) is 13.8 Å². The number of benzene rings is 2. The van der Waals surface area contributed by atoms with Gasteiger partial charge in [0.05, 0.1) is 22.2 Å². The Labute approximate surface area is 214 Å². The van der Waals surface area contributed by atoms with Crippen molar-refractivity contribution < 1.29 is 9.59 Å². The molecule has 1 unspecified atom stereocenters. The zero-order chi connectivity index (χ0) is 27.3. The number of nitrogens with two attached hydrogens (primary N) is 1. The Hall–Kier alpha value is -4.39. The van der Waals surface area contributed by atoms with Gasteiger partial charge in [-0.3, -0.25) is 23.5 Å². The molecule has 3 aromatic rings. The van der Waals surface area contributed by atoms with Crippen LogP contribution in [0.2, 0.25) is 0 Å². The Morgan fingerprint density at radius 2 is 1.76 bits per heavy atom. The van der Waals surface area contributed by atoms with Crippen molar-refractivity contribution in [1.29, 1.82) is 5.26 Å². The van der Waals surface area contributed by atoms with Crippen LogP contribution >= 0.6 is 0 Å². The number of rotatable bonds is 9. The summed E-state index contributed by atoms with van der Waals surface area (Å²) in [4.78, 5) is 50.9. The van der Waals surface area contributed by atoms with E-state index in [9.17, 15) is 19.2 Å². The minimum Gasteiger partial charge on any atom is -0.398 e. The molecule has 0 radical (unpaired) electrons. The molecular formula is C27H32N6O4. The van der Waals surface area contributed by atoms with Crippen molar-refractivity contribution in [3.05, 3.63) is 68.4 Å². The number of nitrogens with one attached hydrogen (secondary N) is 2. The number of carbonyl (C=O) groups is 2. The Morgan fingerprint density at radius 3 is 2.35 bits per heavy atom. The molecule has 0 saturated heterocycles. The zero-order valence-electron chi connectivity index (χ0n) is 21.5. The first-order chi connectivity index (χ1) is 17.6. The number of amides is 2. The van der Waals surface area contributed by atoms with Crippen LogP contribution in [0.1, 0.15) is 50.0 Å². The minimum absolute atomic E-state index is 0.101. The number of hydrogen-bond acceptors (Lipinski definition) is 6. The van der Waals surface area contributed by atoms with Crippen molar-refractivity contribution in [2.45, 2.75) is 47.2 Å². The molecule has 0 saturated carbocycles. The van der Waals surface area contributed by atoms with E-state index in [1.165, 1.54) is 27.3 Å². The molecule has 0 aliphatic carbocycles. The SMILES string of the molecule is CCn1c(=O)c2cc(NC(=O)CC(CNC(=O)c3ccc(C#N)c(N)c3)C(C)C)ccc2n(CC)c1=O. The number of aromatic nitrogens is 2. The summed E-state index contributed by atoms with van der Waals surface area (Å²) >= 11 is 0. The van der Waals surface area contributed by atoms with Crippen LogP contribution in [0.4, 0.5) is 11.4 Å². The molecule has 0 aliphatic heterocycles. The fraction of sp³-hybridized carbons (Fsp3) is 0.370.